The summed E-state index contributed by atoms with van der Waals surface area (Å²) in [6, 6.07) is 19.1. The van der Waals surface area contributed by atoms with Crippen LogP contribution in [-0.4, -0.2) is 27.3 Å². The zero-order valence-corrected chi connectivity index (χ0v) is 21.0. The molecule has 0 saturated carbocycles. The van der Waals surface area contributed by atoms with Gasteiger partial charge in [-0.3, -0.25) is 4.98 Å². The fourth-order valence-electron chi connectivity index (χ4n) is 3.67. The summed E-state index contributed by atoms with van der Waals surface area (Å²) in [4.78, 5) is 13.9. The van der Waals surface area contributed by atoms with Crippen LogP contribution in [0, 0.1) is 6.92 Å². The summed E-state index contributed by atoms with van der Waals surface area (Å²) in [6.45, 7) is 4.81. The summed E-state index contributed by atoms with van der Waals surface area (Å²) in [6.07, 6.45) is 6.74. The highest BCUT2D eigenvalue weighted by Gasteiger charge is 2.13. The molecule has 172 valence electrons. The van der Waals surface area contributed by atoms with E-state index < -0.39 is 0 Å². The van der Waals surface area contributed by atoms with Crippen LogP contribution >= 0.6 is 23.5 Å². The summed E-state index contributed by atoms with van der Waals surface area (Å²) in [5.41, 5.74) is 5.79. The van der Waals surface area contributed by atoms with E-state index in [4.69, 9.17) is 4.74 Å². The Labute approximate surface area is 205 Å². The van der Waals surface area contributed by atoms with Gasteiger partial charge in [-0.25, -0.2) is 4.98 Å². The quantitative estimate of drug-likeness (QED) is 0.169. The third kappa shape index (κ3) is 6.78. The van der Waals surface area contributed by atoms with Crippen molar-refractivity contribution in [3.05, 3.63) is 77.6 Å². The number of nitrogens with one attached hydrogen (secondary N) is 1. The zero-order chi connectivity index (χ0) is 22.9. The van der Waals surface area contributed by atoms with Gasteiger partial charge >= 0.3 is 0 Å². The monoisotopic (exact) mass is 477 g/mol. The van der Waals surface area contributed by atoms with E-state index in [0.29, 0.717) is 6.61 Å². The molecule has 0 amide bonds. The molecule has 0 unspecified atom stereocenters. The van der Waals surface area contributed by atoms with Crippen molar-refractivity contribution in [1.82, 2.24) is 15.0 Å². The van der Waals surface area contributed by atoms with Crippen LogP contribution in [0.4, 0.5) is 0 Å². The Kier molecular flexibility index (Phi) is 8.72. The second kappa shape index (κ2) is 12.1. The van der Waals surface area contributed by atoms with Crippen LogP contribution in [0.1, 0.15) is 43.0 Å². The number of ether oxygens (including phenoxy) is 1. The van der Waals surface area contributed by atoms with Gasteiger partial charge in [0, 0.05) is 11.9 Å². The molecule has 2 aromatic carbocycles. The Morgan fingerprint density at radius 3 is 2.61 bits per heavy atom. The fourth-order valence-corrected chi connectivity index (χ4v) is 5.52. The minimum atomic E-state index is 0.637. The molecule has 2 aromatic heterocycles. The van der Waals surface area contributed by atoms with Crippen molar-refractivity contribution < 1.29 is 4.74 Å². The number of aromatic nitrogens is 3. The van der Waals surface area contributed by atoms with Crippen molar-refractivity contribution >= 4 is 34.6 Å². The van der Waals surface area contributed by atoms with Crippen LogP contribution in [0.3, 0.4) is 0 Å². The molecule has 0 fully saturated rings. The number of imidazole rings is 1. The Morgan fingerprint density at radius 1 is 0.939 bits per heavy atom. The van der Waals surface area contributed by atoms with Gasteiger partial charge in [-0.15, -0.1) is 11.8 Å². The van der Waals surface area contributed by atoms with E-state index >= 15 is 0 Å². The molecule has 0 aliphatic carbocycles. The maximum absolute atomic E-state index is 6.03. The lowest BCUT2D eigenvalue weighted by atomic mass is 10.1. The van der Waals surface area contributed by atoms with Crippen LogP contribution in [-0.2, 0) is 12.2 Å². The first-order chi connectivity index (χ1) is 16.2. The number of nitrogens with zero attached hydrogens (tertiary/aromatic N) is 2. The first-order valence-electron chi connectivity index (χ1n) is 11.6. The zero-order valence-electron chi connectivity index (χ0n) is 19.3. The predicted octanol–water partition coefficient (Wildman–Crippen LogP) is 7.46. The number of aromatic amines is 1. The van der Waals surface area contributed by atoms with E-state index in [1.54, 1.807) is 11.8 Å². The minimum Gasteiger partial charge on any atom is -0.491 e. The molecule has 0 spiro atoms. The third-order valence-electron chi connectivity index (χ3n) is 5.43. The van der Waals surface area contributed by atoms with Gasteiger partial charge in [0.05, 0.1) is 28.2 Å². The Balaban J connectivity index is 1.29. The normalized spacial score (nSPS) is 11.2. The number of thioether (sulfide) groups is 2. The molecule has 33 heavy (non-hydrogen) atoms. The molecule has 0 aliphatic heterocycles. The number of unbranched alkanes of at least 4 members (excludes halogenated alkanes) is 2. The molecule has 0 saturated heterocycles. The van der Waals surface area contributed by atoms with E-state index in [1.165, 1.54) is 35.3 Å². The van der Waals surface area contributed by atoms with Crippen molar-refractivity contribution in [2.24, 2.45) is 0 Å². The molecule has 4 nitrogen and oxygen atoms in total. The lowest BCUT2D eigenvalue weighted by molar-refractivity contribution is 0.327. The number of para-hydroxylation sites is 2. The number of hydrogen-bond acceptors (Lipinski definition) is 5. The standard InChI is InChI=1S/C27H31N3OS2/c1-3-31-26-24(19-33-27-29-22-10-6-7-11-23(22)30-27)28-17-16-25(26)32-18-8-4-5-9-21-14-12-20(2)13-15-21/h6-7,10-17H,3-5,8-9,18-19H2,1-2H3,(H,29,30). The van der Waals surface area contributed by atoms with Crippen LogP contribution in [0.25, 0.3) is 11.0 Å². The van der Waals surface area contributed by atoms with Gasteiger partial charge in [-0.1, -0.05) is 60.1 Å². The van der Waals surface area contributed by atoms with Gasteiger partial charge in [0.25, 0.3) is 0 Å². The molecule has 0 aliphatic rings. The lowest BCUT2D eigenvalue weighted by Gasteiger charge is -2.13. The van der Waals surface area contributed by atoms with Gasteiger partial charge < -0.3 is 9.72 Å². The van der Waals surface area contributed by atoms with Crippen molar-refractivity contribution in [3.63, 3.8) is 0 Å². The molecule has 6 heteroatoms. The van der Waals surface area contributed by atoms with Gasteiger partial charge in [0.2, 0.25) is 0 Å². The van der Waals surface area contributed by atoms with Gasteiger partial charge in [-0.05, 0) is 62.6 Å². The topological polar surface area (TPSA) is 50.8 Å². The Bertz CT molecular complexity index is 1120. The first kappa shape index (κ1) is 23.7. The summed E-state index contributed by atoms with van der Waals surface area (Å²) in [5.74, 6) is 2.74. The highest BCUT2D eigenvalue weighted by atomic mass is 32.2. The molecule has 0 radical (unpaired) electrons. The number of hydrogen-bond donors (Lipinski definition) is 1. The third-order valence-corrected chi connectivity index (χ3v) is 7.44. The molecule has 0 atom stereocenters. The highest BCUT2D eigenvalue weighted by Crippen LogP contribution is 2.35. The van der Waals surface area contributed by atoms with Crippen LogP contribution < -0.4 is 4.74 Å². The average molecular weight is 478 g/mol. The van der Waals surface area contributed by atoms with Gasteiger partial charge in [0.1, 0.15) is 0 Å². The number of fused-ring (bicyclic) bond motifs is 1. The largest absolute Gasteiger partial charge is 0.491 e. The molecule has 0 bridgehead atoms. The lowest BCUT2D eigenvalue weighted by Crippen LogP contribution is -2.00. The van der Waals surface area contributed by atoms with E-state index in [-0.39, 0.29) is 0 Å². The smallest absolute Gasteiger partial charge is 0.166 e. The van der Waals surface area contributed by atoms with Crippen molar-refractivity contribution in [3.8, 4) is 5.75 Å². The van der Waals surface area contributed by atoms with E-state index in [9.17, 15) is 0 Å². The SMILES string of the molecule is CCOc1c(SCCCCCc2ccc(C)cc2)ccnc1CSc1nc2ccccc2[nH]1. The van der Waals surface area contributed by atoms with Gasteiger partial charge in [-0.2, -0.15) is 0 Å². The second-order valence-corrected chi connectivity index (χ2v) is 10.1. The van der Waals surface area contributed by atoms with Crippen molar-refractivity contribution in [2.75, 3.05) is 12.4 Å². The summed E-state index contributed by atoms with van der Waals surface area (Å²) >= 11 is 3.54. The van der Waals surface area contributed by atoms with E-state index in [1.807, 2.05) is 49.1 Å². The summed E-state index contributed by atoms with van der Waals surface area (Å²) in [5, 5.41) is 0.909. The second-order valence-electron chi connectivity index (χ2n) is 8.01. The molecule has 1 N–H and O–H groups in total. The number of H-pyrrole nitrogens is 1. The summed E-state index contributed by atoms with van der Waals surface area (Å²) in [7, 11) is 0. The molecule has 4 aromatic rings. The first-order valence-corrected chi connectivity index (χ1v) is 13.6. The van der Waals surface area contributed by atoms with Gasteiger partial charge in [0.15, 0.2) is 10.9 Å². The molecule has 2 heterocycles. The number of benzene rings is 2. The highest BCUT2D eigenvalue weighted by molar-refractivity contribution is 7.99. The minimum absolute atomic E-state index is 0.637. The van der Waals surface area contributed by atoms with Crippen LogP contribution in [0.5, 0.6) is 5.75 Å². The number of pyridine rings is 1. The molecule has 4 rings (SSSR count). The van der Waals surface area contributed by atoms with Crippen molar-refractivity contribution in [1.29, 1.82) is 0 Å². The summed E-state index contributed by atoms with van der Waals surface area (Å²) < 4.78 is 6.03. The maximum atomic E-state index is 6.03. The molecular weight excluding hydrogens is 446 g/mol. The average Bonchev–Trinajstić information content (AvgIpc) is 3.25. The Morgan fingerprint density at radius 2 is 1.79 bits per heavy atom. The van der Waals surface area contributed by atoms with Crippen LogP contribution in [0.15, 0.2) is 70.8 Å². The van der Waals surface area contributed by atoms with E-state index in [0.717, 1.165) is 45.6 Å². The van der Waals surface area contributed by atoms with Crippen LogP contribution in [0.2, 0.25) is 0 Å². The Hall–Kier alpha value is -2.44. The fraction of sp³-hybridized carbons (Fsp3) is 0.333. The molecular formula is C27H31N3OS2. The number of rotatable bonds is 12. The van der Waals surface area contributed by atoms with Crippen molar-refractivity contribution in [2.45, 2.75) is 55.3 Å². The number of aryl methyl sites for hydroxylation is 2. The van der Waals surface area contributed by atoms with E-state index in [2.05, 4.69) is 52.2 Å². The predicted molar refractivity (Wildman–Crippen MR) is 141 cm³/mol. The maximum Gasteiger partial charge on any atom is 0.166 e.